The van der Waals surface area contributed by atoms with E-state index in [-0.39, 0.29) is 35.6 Å². The maximum Gasteiger partial charge on any atom is 0.256 e. The highest BCUT2D eigenvalue weighted by Gasteiger charge is 2.47. The van der Waals surface area contributed by atoms with Gasteiger partial charge in [-0.15, -0.1) is 0 Å². The van der Waals surface area contributed by atoms with Crippen molar-refractivity contribution in [3.8, 4) is 0 Å². The maximum atomic E-state index is 13.8. The van der Waals surface area contributed by atoms with Gasteiger partial charge in [-0.1, -0.05) is 61.4 Å². The first-order valence-corrected chi connectivity index (χ1v) is 12.9. The Labute approximate surface area is 210 Å². The van der Waals surface area contributed by atoms with E-state index in [1.807, 2.05) is 47.4 Å². The molecule has 1 saturated carbocycles. The molecule has 0 radical (unpaired) electrons. The number of amides is 3. The molecule has 3 heterocycles. The van der Waals surface area contributed by atoms with E-state index in [0.717, 1.165) is 42.5 Å². The summed E-state index contributed by atoms with van der Waals surface area (Å²) < 4.78 is 5.84. The van der Waals surface area contributed by atoms with Crippen LogP contribution in [-0.4, -0.2) is 55.0 Å². The van der Waals surface area contributed by atoms with Gasteiger partial charge in [0.2, 0.25) is 11.8 Å². The quantitative estimate of drug-likeness (QED) is 0.652. The summed E-state index contributed by atoms with van der Waals surface area (Å²) in [5.74, 6) is -0.284. The van der Waals surface area contributed by atoms with E-state index in [2.05, 4.69) is 22.8 Å². The fourth-order valence-electron chi connectivity index (χ4n) is 6.52. The molecule has 3 aliphatic heterocycles. The molecule has 7 heteroatoms. The summed E-state index contributed by atoms with van der Waals surface area (Å²) >= 11 is 0. The second-order valence-electron chi connectivity index (χ2n) is 10.5. The lowest BCUT2D eigenvalue weighted by Gasteiger charge is -2.47. The van der Waals surface area contributed by atoms with Crippen LogP contribution in [0.1, 0.15) is 36.8 Å². The average molecular weight is 486 g/mol. The van der Waals surface area contributed by atoms with Crippen LogP contribution >= 0.6 is 0 Å². The molecule has 3 fully saturated rings. The summed E-state index contributed by atoms with van der Waals surface area (Å²) in [6.45, 7) is 1.99. The number of likely N-dealkylation sites (tertiary alicyclic amines) is 1. The van der Waals surface area contributed by atoms with Gasteiger partial charge in [0.25, 0.3) is 5.91 Å². The van der Waals surface area contributed by atoms with Crippen LogP contribution in [0.5, 0.6) is 0 Å². The van der Waals surface area contributed by atoms with E-state index >= 15 is 0 Å². The number of carbonyl (C=O) groups is 3. The van der Waals surface area contributed by atoms with Crippen LogP contribution in [-0.2, 0) is 24.5 Å². The number of benzene rings is 2. The zero-order chi connectivity index (χ0) is 24.7. The number of anilines is 1. The Morgan fingerprint density at radius 1 is 0.972 bits per heavy atom. The van der Waals surface area contributed by atoms with Crippen molar-refractivity contribution in [2.75, 3.05) is 31.6 Å². The molecule has 4 aliphatic rings. The van der Waals surface area contributed by atoms with E-state index in [1.54, 1.807) is 0 Å². The first-order chi connectivity index (χ1) is 17.5. The molecule has 2 bridgehead atoms. The van der Waals surface area contributed by atoms with Crippen LogP contribution in [0.4, 0.5) is 5.69 Å². The lowest BCUT2D eigenvalue weighted by Crippen LogP contribution is -2.63. The van der Waals surface area contributed by atoms with E-state index in [4.69, 9.17) is 4.74 Å². The number of hydrogen-bond acceptors (Lipinski definition) is 4. The zero-order valence-electron chi connectivity index (χ0n) is 20.2. The SMILES string of the molecule is O=C1Nc2ccccc2/C1=C/C(=O)N1C[C@H]2COC[C@@H](C1)C2NC(=O)C1(c2ccccc2)CCCC1. The smallest absolute Gasteiger partial charge is 0.256 e. The number of ether oxygens (including phenoxy) is 1. The van der Waals surface area contributed by atoms with Gasteiger partial charge in [-0.3, -0.25) is 14.4 Å². The van der Waals surface area contributed by atoms with Crippen molar-refractivity contribution >= 4 is 29.0 Å². The number of carbonyl (C=O) groups excluding carboxylic acids is 3. The average Bonchev–Trinajstić information content (AvgIpc) is 3.50. The first-order valence-electron chi connectivity index (χ1n) is 12.9. The molecule has 36 heavy (non-hydrogen) atoms. The highest BCUT2D eigenvalue weighted by molar-refractivity contribution is 6.33. The van der Waals surface area contributed by atoms with E-state index < -0.39 is 5.41 Å². The Morgan fingerprint density at radius 3 is 2.36 bits per heavy atom. The number of fused-ring (bicyclic) bond motifs is 3. The normalized spacial score (nSPS) is 27.4. The Bertz CT molecular complexity index is 1200. The molecule has 1 unspecified atom stereocenters. The van der Waals surface area contributed by atoms with Crippen molar-refractivity contribution in [3.05, 3.63) is 71.8 Å². The predicted molar refractivity (Wildman–Crippen MR) is 136 cm³/mol. The zero-order valence-corrected chi connectivity index (χ0v) is 20.2. The van der Waals surface area contributed by atoms with Gasteiger partial charge in [-0.05, 0) is 24.5 Å². The van der Waals surface area contributed by atoms with Crippen LogP contribution < -0.4 is 10.6 Å². The van der Waals surface area contributed by atoms with Crippen molar-refractivity contribution in [2.24, 2.45) is 11.8 Å². The van der Waals surface area contributed by atoms with Gasteiger partial charge in [-0.25, -0.2) is 0 Å². The molecule has 2 aromatic rings. The second-order valence-corrected chi connectivity index (χ2v) is 10.5. The molecule has 186 valence electrons. The molecule has 2 saturated heterocycles. The topological polar surface area (TPSA) is 87.7 Å². The molecule has 7 nitrogen and oxygen atoms in total. The molecule has 0 spiro atoms. The predicted octanol–water partition coefficient (Wildman–Crippen LogP) is 3.12. The highest BCUT2D eigenvalue weighted by atomic mass is 16.5. The molecular formula is C29H31N3O4. The summed E-state index contributed by atoms with van der Waals surface area (Å²) in [5, 5.41) is 6.24. The van der Waals surface area contributed by atoms with Crippen molar-refractivity contribution < 1.29 is 19.1 Å². The highest BCUT2D eigenvalue weighted by Crippen LogP contribution is 2.42. The molecule has 3 atom stereocenters. The van der Waals surface area contributed by atoms with Crippen LogP contribution in [0.15, 0.2) is 60.7 Å². The lowest BCUT2D eigenvalue weighted by molar-refractivity contribution is -0.139. The number of piperidine rings is 1. The van der Waals surface area contributed by atoms with Gasteiger partial charge in [0.15, 0.2) is 0 Å². The van der Waals surface area contributed by atoms with Crippen LogP contribution in [0.2, 0.25) is 0 Å². The van der Waals surface area contributed by atoms with Crippen molar-refractivity contribution in [3.63, 3.8) is 0 Å². The standard InChI is InChI=1S/C29H31N3O4/c33-25(14-23-22-10-4-5-11-24(22)30-27(23)34)32-15-19-17-36-18-20(16-32)26(19)31-28(35)29(12-6-7-13-29)21-8-2-1-3-9-21/h1-5,8-11,14,19-20,26H,6-7,12-13,15-18H2,(H,30,34)(H,31,35)/b23-14-/t19-,20+,26?. The van der Waals surface area contributed by atoms with Crippen molar-refractivity contribution in [1.29, 1.82) is 0 Å². The summed E-state index contributed by atoms with van der Waals surface area (Å²) in [4.78, 5) is 41.3. The molecule has 2 aromatic carbocycles. The van der Waals surface area contributed by atoms with Crippen molar-refractivity contribution in [2.45, 2.75) is 37.1 Å². The third kappa shape index (κ3) is 3.91. The number of nitrogens with zero attached hydrogens (tertiary/aromatic N) is 1. The van der Waals surface area contributed by atoms with Gasteiger partial charge >= 0.3 is 0 Å². The van der Waals surface area contributed by atoms with E-state index in [0.29, 0.717) is 31.9 Å². The Hall–Kier alpha value is -3.45. The Balaban J connectivity index is 1.19. The summed E-state index contributed by atoms with van der Waals surface area (Å²) in [7, 11) is 0. The van der Waals surface area contributed by atoms with Gasteiger partial charge in [0.05, 0.1) is 24.2 Å². The summed E-state index contributed by atoms with van der Waals surface area (Å²) in [6, 6.07) is 17.5. The minimum absolute atomic E-state index is 0.0164. The third-order valence-electron chi connectivity index (χ3n) is 8.39. The van der Waals surface area contributed by atoms with Gasteiger partial charge in [0.1, 0.15) is 0 Å². The number of hydrogen-bond donors (Lipinski definition) is 2. The number of para-hydroxylation sites is 1. The van der Waals surface area contributed by atoms with Crippen molar-refractivity contribution in [1.82, 2.24) is 10.2 Å². The molecular weight excluding hydrogens is 454 g/mol. The minimum atomic E-state index is -0.475. The second kappa shape index (κ2) is 9.21. The Morgan fingerprint density at radius 2 is 1.64 bits per heavy atom. The summed E-state index contributed by atoms with van der Waals surface area (Å²) in [6.07, 6.45) is 5.29. The van der Waals surface area contributed by atoms with Crippen LogP contribution in [0, 0.1) is 11.8 Å². The first kappa shape index (κ1) is 23.0. The van der Waals surface area contributed by atoms with Gasteiger partial charge in [0, 0.05) is 48.3 Å². The molecule has 1 aliphatic carbocycles. The van der Waals surface area contributed by atoms with Crippen LogP contribution in [0.25, 0.3) is 5.57 Å². The largest absolute Gasteiger partial charge is 0.381 e. The minimum Gasteiger partial charge on any atom is -0.381 e. The maximum absolute atomic E-state index is 13.8. The lowest BCUT2D eigenvalue weighted by atomic mass is 9.76. The molecule has 3 amide bonds. The summed E-state index contributed by atoms with van der Waals surface area (Å²) in [5.41, 5.74) is 2.50. The molecule has 6 rings (SSSR count). The molecule has 0 aromatic heterocycles. The fourth-order valence-corrected chi connectivity index (χ4v) is 6.52. The van der Waals surface area contributed by atoms with E-state index in [9.17, 15) is 14.4 Å². The third-order valence-corrected chi connectivity index (χ3v) is 8.39. The van der Waals surface area contributed by atoms with E-state index in [1.165, 1.54) is 6.08 Å². The monoisotopic (exact) mass is 485 g/mol. The Kier molecular flexibility index (Phi) is 5.88. The fraction of sp³-hybridized carbons (Fsp3) is 0.414. The van der Waals surface area contributed by atoms with Crippen LogP contribution in [0.3, 0.4) is 0 Å². The van der Waals surface area contributed by atoms with Gasteiger partial charge in [-0.2, -0.15) is 0 Å². The number of nitrogens with one attached hydrogen (secondary N) is 2. The number of rotatable bonds is 4. The van der Waals surface area contributed by atoms with Gasteiger partial charge < -0.3 is 20.3 Å². The molecule has 2 N–H and O–H groups in total.